The second-order valence-electron chi connectivity index (χ2n) is 5.91. The maximum Gasteiger partial charge on any atom is 0.336 e. The van der Waals surface area contributed by atoms with Crippen molar-refractivity contribution < 1.29 is 29.0 Å². The first-order valence-electron chi connectivity index (χ1n) is 8.57. The number of phenols is 1. The third-order valence-corrected chi connectivity index (χ3v) is 4.69. The molecule has 0 unspecified atom stereocenters. The lowest BCUT2D eigenvalue weighted by molar-refractivity contribution is -0.122. The van der Waals surface area contributed by atoms with Crippen LogP contribution in [0.25, 0.3) is 6.08 Å². The molecule has 1 fully saturated rings. The van der Waals surface area contributed by atoms with E-state index in [9.17, 15) is 19.5 Å². The number of phenolic OH excluding ortho intramolecular Hbond substituents is 1. The second kappa shape index (κ2) is 8.36. The molecule has 0 aliphatic carbocycles. The number of benzene rings is 2. The van der Waals surface area contributed by atoms with Crippen LogP contribution in [0.5, 0.6) is 17.2 Å². The minimum atomic E-state index is -0.867. The Morgan fingerprint density at radius 2 is 1.90 bits per heavy atom. The topological polar surface area (TPSA) is 105 Å². The summed E-state index contributed by atoms with van der Waals surface area (Å²) in [5.41, 5.74) is 0.382. The van der Waals surface area contributed by atoms with Gasteiger partial charge in [0, 0.05) is 0 Å². The summed E-state index contributed by atoms with van der Waals surface area (Å²) in [6.45, 7) is 2.11. The Morgan fingerprint density at radius 1 is 1.17 bits per heavy atom. The van der Waals surface area contributed by atoms with Crippen molar-refractivity contribution in [2.75, 3.05) is 18.6 Å². The number of anilines is 1. The highest BCUT2D eigenvalue weighted by Crippen LogP contribution is 2.36. The normalized spacial score (nSPS) is 15.5. The van der Waals surface area contributed by atoms with Crippen LogP contribution in [0, 0.1) is 0 Å². The van der Waals surface area contributed by atoms with Crippen LogP contribution in [0.1, 0.15) is 12.5 Å². The Kier molecular flexibility index (Phi) is 5.88. The van der Waals surface area contributed by atoms with E-state index in [0.29, 0.717) is 22.4 Å². The minimum Gasteiger partial charge on any atom is -0.503 e. The van der Waals surface area contributed by atoms with Crippen molar-refractivity contribution in [1.29, 1.82) is 0 Å². The van der Waals surface area contributed by atoms with Crippen LogP contribution in [-0.2, 0) is 9.59 Å². The highest BCUT2D eigenvalue weighted by atomic mass is 79.9. The Bertz CT molecular complexity index is 1030. The Balaban J connectivity index is 2.07. The number of carbonyl (C=O) groups is 3. The van der Waals surface area contributed by atoms with Crippen molar-refractivity contribution >= 4 is 45.5 Å². The first kappa shape index (κ1) is 20.4. The molecule has 1 aliphatic rings. The molecule has 2 aromatic rings. The van der Waals surface area contributed by atoms with Crippen LogP contribution in [0.15, 0.2) is 46.4 Å². The molecule has 4 amide bonds. The van der Waals surface area contributed by atoms with E-state index in [1.54, 1.807) is 31.2 Å². The number of nitrogens with one attached hydrogen (secondary N) is 1. The Labute approximate surface area is 174 Å². The SMILES string of the molecule is CCOc1ccccc1N1C(=O)NC(=O)/C(=C\c2cc(Br)c(O)c(OC)c2)C1=O. The van der Waals surface area contributed by atoms with Gasteiger partial charge in [0.25, 0.3) is 11.8 Å². The fourth-order valence-electron chi connectivity index (χ4n) is 2.80. The summed E-state index contributed by atoms with van der Waals surface area (Å²) < 4.78 is 10.9. The zero-order valence-electron chi connectivity index (χ0n) is 15.6. The van der Waals surface area contributed by atoms with Gasteiger partial charge in [-0.1, -0.05) is 12.1 Å². The molecule has 1 heterocycles. The summed E-state index contributed by atoms with van der Waals surface area (Å²) >= 11 is 3.19. The van der Waals surface area contributed by atoms with E-state index in [0.717, 1.165) is 4.90 Å². The van der Waals surface area contributed by atoms with Crippen molar-refractivity contribution in [2.45, 2.75) is 6.92 Å². The largest absolute Gasteiger partial charge is 0.503 e. The standard InChI is InChI=1S/C20H17BrN2O6/c1-3-29-15-7-5-4-6-14(15)23-19(26)12(18(25)22-20(23)27)8-11-9-13(21)17(24)16(10-11)28-2/h4-10,24H,3H2,1-2H3,(H,22,25,27)/b12-8+. The van der Waals surface area contributed by atoms with Gasteiger partial charge in [-0.05, 0) is 58.8 Å². The molecule has 2 N–H and O–H groups in total. The number of hydrogen-bond acceptors (Lipinski definition) is 6. The average Bonchev–Trinajstić information content (AvgIpc) is 2.69. The number of hydrogen-bond donors (Lipinski definition) is 2. The van der Waals surface area contributed by atoms with Crippen LogP contribution >= 0.6 is 15.9 Å². The van der Waals surface area contributed by atoms with Gasteiger partial charge in [-0.25, -0.2) is 9.69 Å². The van der Waals surface area contributed by atoms with Crippen molar-refractivity contribution in [3.8, 4) is 17.2 Å². The number of urea groups is 1. The molecule has 0 saturated carbocycles. The maximum atomic E-state index is 13.0. The molecule has 9 heteroatoms. The van der Waals surface area contributed by atoms with Gasteiger partial charge in [-0.15, -0.1) is 0 Å². The summed E-state index contributed by atoms with van der Waals surface area (Å²) in [5, 5.41) is 12.1. The lowest BCUT2D eigenvalue weighted by atomic mass is 10.1. The molecule has 0 radical (unpaired) electrons. The zero-order chi connectivity index (χ0) is 21.1. The van der Waals surface area contributed by atoms with Crippen molar-refractivity contribution in [3.05, 3.63) is 52.0 Å². The number of nitrogens with zero attached hydrogens (tertiary/aromatic N) is 1. The molecule has 0 aromatic heterocycles. The molecule has 150 valence electrons. The van der Waals surface area contributed by atoms with E-state index in [2.05, 4.69) is 21.2 Å². The first-order chi connectivity index (χ1) is 13.9. The quantitative estimate of drug-likeness (QED) is 0.524. The number of carbonyl (C=O) groups excluding carboxylic acids is 3. The second-order valence-corrected chi connectivity index (χ2v) is 6.77. The molecule has 1 saturated heterocycles. The number of rotatable bonds is 5. The predicted molar refractivity (Wildman–Crippen MR) is 109 cm³/mol. The van der Waals surface area contributed by atoms with Gasteiger partial charge in [0.1, 0.15) is 11.3 Å². The van der Waals surface area contributed by atoms with Gasteiger partial charge >= 0.3 is 6.03 Å². The van der Waals surface area contributed by atoms with Gasteiger partial charge in [-0.3, -0.25) is 14.9 Å². The number of amides is 4. The highest BCUT2D eigenvalue weighted by molar-refractivity contribution is 9.10. The molecule has 0 bridgehead atoms. The summed E-state index contributed by atoms with van der Waals surface area (Å²) in [5.74, 6) is -1.25. The van der Waals surface area contributed by atoms with E-state index in [4.69, 9.17) is 9.47 Å². The summed E-state index contributed by atoms with van der Waals surface area (Å²) in [6, 6.07) is 8.65. The summed E-state index contributed by atoms with van der Waals surface area (Å²) in [6.07, 6.45) is 1.31. The Hall–Kier alpha value is -3.33. The monoisotopic (exact) mass is 460 g/mol. The van der Waals surface area contributed by atoms with Crippen LogP contribution in [0.3, 0.4) is 0 Å². The smallest absolute Gasteiger partial charge is 0.336 e. The van der Waals surface area contributed by atoms with Crippen LogP contribution in [0.4, 0.5) is 10.5 Å². The molecular weight excluding hydrogens is 444 g/mol. The number of imide groups is 2. The van der Waals surface area contributed by atoms with Crippen LogP contribution in [-0.4, -0.2) is 36.7 Å². The number of methoxy groups -OCH3 is 1. The minimum absolute atomic E-state index is 0.114. The van der Waals surface area contributed by atoms with Crippen LogP contribution in [0.2, 0.25) is 0 Å². The molecule has 0 atom stereocenters. The average molecular weight is 461 g/mol. The number of para-hydroxylation sites is 2. The number of barbiturate groups is 1. The maximum absolute atomic E-state index is 13.0. The van der Waals surface area contributed by atoms with Gasteiger partial charge in [0.15, 0.2) is 11.5 Å². The molecule has 1 aliphatic heterocycles. The summed E-state index contributed by atoms with van der Waals surface area (Å²) in [7, 11) is 1.38. The van der Waals surface area contributed by atoms with Crippen molar-refractivity contribution in [1.82, 2.24) is 5.32 Å². The first-order valence-corrected chi connectivity index (χ1v) is 9.36. The van der Waals surface area contributed by atoms with Gasteiger partial charge in [0.2, 0.25) is 0 Å². The van der Waals surface area contributed by atoms with E-state index in [-0.39, 0.29) is 22.8 Å². The molecule has 2 aromatic carbocycles. The third kappa shape index (κ3) is 3.95. The fraction of sp³-hybridized carbons (Fsp3) is 0.150. The van der Waals surface area contributed by atoms with Crippen molar-refractivity contribution in [2.24, 2.45) is 0 Å². The van der Waals surface area contributed by atoms with Gasteiger partial charge < -0.3 is 14.6 Å². The third-order valence-electron chi connectivity index (χ3n) is 4.09. The summed E-state index contributed by atoms with van der Waals surface area (Å²) in [4.78, 5) is 38.6. The lowest BCUT2D eigenvalue weighted by Crippen LogP contribution is -2.54. The van der Waals surface area contributed by atoms with E-state index >= 15 is 0 Å². The van der Waals surface area contributed by atoms with Crippen molar-refractivity contribution in [3.63, 3.8) is 0 Å². The lowest BCUT2D eigenvalue weighted by Gasteiger charge is -2.27. The molecule has 3 rings (SSSR count). The van der Waals surface area contributed by atoms with E-state index in [1.165, 1.54) is 25.3 Å². The van der Waals surface area contributed by atoms with Gasteiger partial charge in [0.05, 0.1) is 23.9 Å². The molecule has 29 heavy (non-hydrogen) atoms. The molecule has 0 spiro atoms. The highest BCUT2D eigenvalue weighted by Gasteiger charge is 2.38. The number of aromatic hydroxyl groups is 1. The Morgan fingerprint density at radius 3 is 2.59 bits per heavy atom. The fourth-order valence-corrected chi connectivity index (χ4v) is 3.25. The van der Waals surface area contributed by atoms with E-state index < -0.39 is 17.8 Å². The van der Waals surface area contributed by atoms with E-state index in [1.807, 2.05) is 0 Å². The number of ether oxygens (including phenoxy) is 2. The zero-order valence-corrected chi connectivity index (χ0v) is 17.1. The molecule has 8 nitrogen and oxygen atoms in total. The van der Waals surface area contributed by atoms with Gasteiger partial charge in [-0.2, -0.15) is 0 Å². The predicted octanol–water partition coefficient (Wildman–Crippen LogP) is 3.23. The molecular formula is C20H17BrN2O6. The number of halogens is 1. The van der Waals surface area contributed by atoms with Crippen LogP contribution < -0.4 is 19.7 Å².